The largest absolute Gasteiger partial charge is 0.494 e. The number of aromatic nitrogens is 3. The minimum absolute atomic E-state index is 0.235. The second-order valence-corrected chi connectivity index (χ2v) is 7.70. The third-order valence-electron chi connectivity index (χ3n) is 5.63. The number of hydrogen-bond acceptors (Lipinski definition) is 7. The SMILES string of the molecule is CCOc1ccc([C@@H]2CCCN2Cc2nc(N)nc(Nc3ccccc3CC)n2)cc1. The van der Waals surface area contributed by atoms with Crippen molar-refractivity contribution in [1.29, 1.82) is 0 Å². The molecule has 4 rings (SSSR count). The molecule has 1 aliphatic rings. The first-order valence-corrected chi connectivity index (χ1v) is 11.0. The van der Waals surface area contributed by atoms with Gasteiger partial charge >= 0.3 is 0 Å². The van der Waals surface area contributed by atoms with Gasteiger partial charge in [0.25, 0.3) is 0 Å². The van der Waals surface area contributed by atoms with Crippen LogP contribution in [0.25, 0.3) is 0 Å². The summed E-state index contributed by atoms with van der Waals surface area (Å²) in [6, 6.07) is 16.9. The fourth-order valence-corrected chi connectivity index (χ4v) is 4.16. The number of nitrogen functional groups attached to an aromatic ring is 1. The zero-order valence-electron chi connectivity index (χ0n) is 18.2. The van der Waals surface area contributed by atoms with Gasteiger partial charge in [0.2, 0.25) is 11.9 Å². The van der Waals surface area contributed by atoms with Crippen molar-refractivity contribution in [3.63, 3.8) is 0 Å². The Kier molecular flexibility index (Phi) is 6.62. The Labute approximate surface area is 183 Å². The number of para-hydroxylation sites is 1. The summed E-state index contributed by atoms with van der Waals surface area (Å²) in [6.07, 6.45) is 3.19. The van der Waals surface area contributed by atoms with E-state index in [4.69, 9.17) is 10.5 Å². The number of hydrogen-bond donors (Lipinski definition) is 2. The lowest BCUT2D eigenvalue weighted by Crippen LogP contribution is -2.24. The third-order valence-corrected chi connectivity index (χ3v) is 5.63. The molecule has 1 aliphatic heterocycles. The second kappa shape index (κ2) is 9.75. The maximum absolute atomic E-state index is 6.01. The molecular formula is C24H30N6O. The van der Waals surface area contributed by atoms with Crippen LogP contribution in [0.3, 0.4) is 0 Å². The molecule has 0 unspecified atom stereocenters. The fraction of sp³-hybridized carbons (Fsp3) is 0.375. The van der Waals surface area contributed by atoms with Crippen LogP contribution in [0.15, 0.2) is 48.5 Å². The van der Waals surface area contributed by atoms with Gasteiger partial charge < -0.3 is 15.8 Å². The predicted molar refractivity (Wildman–Crippen MR) is 123 cm³/mol. The van der Waals surface area contributed by atoms with Gasteiger partial charge in [-0.15, -0.1) is 0 Å². The lowest BCUT2D eigenvalue weighted by atomic mass is 10.0. The highest BCUT2D eigenvalue weighted by Crippen LogP contribution is 2.33. The van der Waals surface area contributed by atoms with Crippen LogP contribution in [-0.2, 0) is 13.0 Å². The lowest BCUT2D eigenvalue weighted by molar-refractivity contribution is 0.242. The van der Waals surface area contributed by atoms with E-state index in [1.54, 1.807) is 0 Å². The zero-order valence-corrected chi connectivity index (χ0v) is 18.2. The fourth-order valence-electron chi connectivity index (χ4n) is 4.16. The van der Waals surface area contributed by atoms with Gasteiger partial charge in [0.1, 0.15) is 11.6 Å². The van der Waals surface area contributed by atoms with Crippen LogP contribution >= 0.6 is 0 Å². The molecule has 3 aromatic rings. The Hall–Kier alpha value is -3.19. The summed E-state index contributed by atoms with van der Waals surface area (Å²) < 4.78 is 5.58. The minimum atomic E-state index is 0.235. The first-order valence-electron chi connectivity index (χ1n) is 11.0. The van der Waals surface area contributed by atoms with E-state index in [1.807, 2.05) is 37.3 Å². The van der Waals surface area contributed by atoms with Crippen LogP contribution in [0.4, 0.5) is 17.6 Å². The maximum atomic E-state index is 6.01. The molecule has 0 saturated carbocycles. The van der Waals surface area contributed by atoms with Crippen molar-refractivity contribution < 1.29 is 4.74 Å². The van der Waals surface area contributed by atoms with Crippen molar-refractivity contribution in [1.82, 2.24) is 19.9 Å². The Morgan fingerprint density at radius 1 is 1.06 bits per heavy atom. The Bertz CT molecular complexity index is 1010. The number of nitrogens with zero attached hydrogens (tertiary/aromatic N) is 4. The molecule has 2 heterocycles. The Balaban J connectivity index is 1.50. The van der Waals surface area contributed by atoms with Crippen LogP contribution in [0.5, 0.6) is 5.75 Å². The Morgan fingerprint density at radius 3 is 2.65 bits per heavy atom. The number of benzene rings is 2. The molecule has 7 heteroatoms. The summed E-state index contributed by atoms with van der Waals surface area (Å²) in [6.45, 7) is 6.44. The average molecular weight is 419 g/mol. The molecule has 0 bridgehead atoms. The van der Waals surface area contributed by atoms with E-state index in [0.717, 1.165) is 37.2 Å². The number of anilines is 3. The summed E-state index contributed by atoms with van der Waals surface area (Å²) >= 11 is 0. The van der Waals surface area contributed by atoms with Crippen LogP contribution in [0.1, 0.15) is 49.7 Å². The number of ether oxygens (including phenoxy) is 1. The smallest absolute Gasteiger partial charge is 0.232 e. The van der Waals surface area contributed by atoms with E-state index in [2.05, 4.69) is 50.3 Å². The number of aryl methyl sites for hydroxylation is 1. The number of nitrogens with two attached hydrogens (primary N) is 1. The second-order valence-electron chi connectivity index (χ2n) is 7.70. The molecule has 1 atom stereocenters. The minimum Gasteiger partial charge on any atom is -0.494 e. The molecule has 0 amide bonds. The monoisotopic (exact) mass is 418 g/mol. The molecule has 31 heavy (non-hydrogen) atoms. The highest BCUT2D eigenvalue weighted by atomic mass is 16.5. The van der Waals surface area contributed by atoms with Crippen LogP contribution in [0.2, 0.25) is 0 Å². The third kappa shape index (κ3) is 5.11. The van der Waals surface area contributed by atoms with E-state index >= 15 is 0 Å². The van der Waals surface area contributed by atoms with E-state index < -0.39 is 0 Å². The first kappa shape index (κ1) is 21.1. The maximum Gasteiger partial charge on any atom is 0.232 e. The van der Waals surface area contributed by atoms with Crippen molar-refractivity contribution >= 4 is 17.6 Å². The van der Waals surface area contributed by atoms with E-state index in [1.165, 1.54) is 11.1 Å². The molecule has 2 aromatic carbocycles. The highest BCUT2D eigenvalue weighted by molar-refractivity contribution is 5.58. The molecule has 0 spiro atoms. The number of nitrogens with one attached hydrogen (secondary N) is 1. The molecule has 1 saturated heterocycles. The van der Waals surface area contributed by atoms with Crippen LogP contribution in [-0.4, -0.2) is 33.0 Å². The first-order chi connectivity index (χ1) is 15.2. The molecule has 7 nitrogen and oxygen atoms in total. The molecule has 3 N–H and O–H groups in total. The van der Waals surface area contributed by atoms with Crippen molar-refractivity contribution in [3.05, 3.63) is 65.5 Å². The van der Waals surface area contributed by atoms with Gasteiger partial charge in [0.15, 0.2) is 0 Å². The predicted octanol–water partition coefficient (Wildman–Crippen LogP) is 4.50. The lowest BCUT2D eigenvalue weighted by Gasteiger charge is -2.24. The molecule has 0 radical (unpaired) electrons. The zero-order chi connectivity index (χ0) is 21.6. The van der Waals surface area contributed by atoms with Crippen molar-refractivity contribution in [2.75, 3.05) is 24.2 Å². The van der Waals surface area contributed by atoms with Gasteiger partial charge in [0, 0.05) is 11.7 Å². The Morgan fingerprint density at radius 2 is 1.87 bits per heavy atom. The molecule has 162 valence electrons. The highest BCUT2D eigenvalue weighted by Gasteiger charge is 2.27. The molecule has 1 aromatic heterocycles. The van der Waals surface area contributed by atoms with Crippen molar-refractivity contribution in [2.24, 2.45) is 0 Å². The van der Waals surface area contributed by atoms with Crippen LogP contribution < -0.4 is 15.8 Å². The topological polar surface area (TPSA) is 89.2 Å². The normalized spacial score (nSPS) is 16.4. The van der Waals surface area contributed by atoms with E-state index in [9.17, 15) is 0 Å². The quantitative estimate of drug-likeness (QED) is 0.557. The average Bonchev–Trinajstić information content (AvgIpc) is 3.22. The summed E-state index contributed by atoms with van der Waals surface area (Å²) in [5.41, 5.74) is 9.51. The van der Waals surface area contributed by atoms with Gasteiger partial charge in [-0.2, -0.15) is 15.0 Å². The molecule has 1 fully saturated rings. The number of likely N-dealkylation sites (tertiary alicyclic amines) is 1. The summed E-state index contributed by atoms with van der Waals surface area (Å²) in [4.78, 5) is 15.8. The summed E-state index contributed by atoms with van der Waals surface area (Å²) in [7, 11) is 0. The summed E-state index contributed by atoms with van der Waals surface area (Å²) in [5, 5.41) is 3.32. The van der Waals surface area contributed by atoms with Gasteiger partial charge in [0.05, 0.1) is 13.2 Å². The van der Waals surface area contributed by atoms with E-state index in [-0.39, 0.29) is 5.95 Å². The summed E-state index contributed by atoms with van der Waals surface area (Å²) in [5.74, 6) is 2.31. The van der Waals surface area contributed by atoms with Crippen LogP contribution in [0, 0.1) is 0 Å². The number of rotatable bonds is 8. The molecule has 0 aliphatic carbocycles. The van der Waals surface area contributed by atoms with E-state index in [0.29, 0.717) is 31.0 Å². The van der Waals surface area contributed by atoms with Gasteiger partial charge in [-0.3, -0.25) is 4.90 Å². The molecular weight excluding hydrogens is 388 g/mol. The van der Waals surface area contributed by atoms with Gasteiger partial charge in [-0.25, -0.2) is 0 Å². The standard InChI is InChI=1S/C24H30N6O/c1-3-17-8-5-6-9-20(17)26-24-28-22(27-23(25)29-24)16-30-15-7-10-21(30)18-11-13-19(14-12-18)31-4-2/h5-6,8-9,11-14,21H,3-4,7,10,15-16H2,1-2H3,(H3,25,26,27,28,29)/t21-/m0/s1. The van der Waals surface area contributed by atoms with Crippen molar-refractivity contribution in [2.45, 2.75) is 45.7 Å². The van der Waals surface area contributed by atoms with Gasteiger partial charge in [-0.1, -0.05) is 37.3 Å². The van der Waals surface area contributed by atoms with Crippen molar-refractivity contribution in [3.8, 4) is 5.75 Å². The van der Waals surface area contributed by atoms with Gasteiger partial charge in [-0.05, 0) is 62.1 Å².